The SMILES string of the molecule is Cc1ccc([C@H](C[N+](=O)[O-])C(C)(C)C=O)cc1. The highest BCUT2D eigenvalue weighted by atomic mass is 16.6. The Labute approximate surface area is 101 Å². The zero-order valence-corrected chi connectivity index (χ0v) is 10.3. The lowest BCUT2D eigenvalue weighted by Gasteiger charge is -2.26. The molecule has 1 aromatic carbocycles. The van der Waals surface area contributed by atoms with Gasteiger partial charge >= 0.3 is 0 Å². The van der Waals surface area contributed by atoms with Crippen molar-refractivity contribution in [1.29, 1.82) is 0 Å². The molecule has 0 aliphatic rings. The van der Waals surface area contributed by atoms with Crippen molar-refractivity contribution >= 4 is 6.29 Å². The topological polar surface area (TPSA) is 60.2 Å². The first-order valence-corrected chi connectivity index (χ1v) is 5.51. The van der Waals surface area contributed by atoms with Crippen LogP contribution in [0.2, 0.25) is 0 Å². The third-order valence-electron chi connectivity index (χ3n) is 3.01. The summed E-state index contributed by atoms with van der Waals surface area (Å²) in [5, 5.41) is 10.7. The number of carbonyl (C=O) groups excluding carboxylic acids is 1. The molecule has 0 fully saturated rings. The van der Waals surface area contributed by atoms with E-state index in [-0.39, 0.29) is 11.5 Å². The van der Waals surface area contributed by atoms with Gasteiger partial charge < -0.3 is 4.79 Å². The summed E-state index contributed by atoms with van der Waals surface area (Å²) in [7, 11) is 0. The van der Waals surface area contributed by atoms with Gasteiger partial charge in [-0.1, -0.05) is 43.7 Å². The van der Waals surface area contributed by atoms with Gasteiger partial charge in [0.2, 0.25) is 6.54 Å². The minimum atomic E-state index is -0.734. The van der Waals surface area contributed by atoms with Crippen molar-refractivity contribution in [1.82, 2.24) is 0 Å². The molecule has 0 saturated heterocycles. The van der Waals surface area contributed by atoms with Gasteiger partial charge in [-0.2, -0.15) is 0 Å². The van der Waals surface area contributed by atoms with E-state index in [2.05, 4.69) is 0 Å². The minimum absolute atomic E-state index is 0.227. The van der Waals surface area contributed by atoms with Crippen LogP contribution in [0.15, 0.2) is 24.3 Å². The lowest BCUT2D eigenvalue weighted by Crippen LogP contribution is -2.29. The Morgan fingerprint density at radius 2 is 1.88 bits per heavy atom. The second-order valence-corrected chi connectivity index (χ2v) is 4.92. The monoisotopic (exact) mass is 235 g/mol. The summed E-state index contributed by atoms with van der Waals surface area (Å²) < 4.78 is 0. The molecule has 4 nitrogen and oxygen atoms in total. The smallest absolute Gasteiger partial charge is 0.211 e. The Bertz CT molecular complexity index is 409. The first kappa shape index (κ1) is 13.4. The molecule has 0 saturated carbocycles. The lowest BCUT2D eigenvalue weighted by molar-refractivity contribution is -0.485. The van der Waals surface area contributed by atoms with Crippen molar-refractivity contribution in [2.24, 2.45) is 5.41 Å². The van der Waals surface area contributed by atoms with Crippen molar-refractivity contribution in [3.63, 3.8) is 0 Å². The van der Waals surface area contributed by atoms with E-state index in [0.29, 0.717) is 0 Å². The highest BCUT2D eigenvalue weighted by molar-refractivity contribution is 5.60. The van der Waals surface area contributed by atoms with Crippen LogP contribution in [0.5, 0.6) is 0 Å². The largest absolute Gasteiger partial charge is 0.303 e. The standard InChI is InChI=1S/C13H17NO3/c1-10-4-6-11(7-5-10)12(8-14(16)17)13(2,3)9-15/h4-7,9,12H,8H2,1-3H3/t12-/m0/s1. The van der Waals surface area contributed by atoms with Gasteiger partial charge in [0.15, 0.2) is 0 Å². The molecule has 0 amide bonds. The van der Waals surface area contributed by atoms with Gasteiger partial charge in [-0.05, 0) is 12.5 Å². The Balaban J connectivity index is 3.10. The molecule has 0 heterocycles. The molecule has 0 aromatic heterocycles. The van der Waals surface area contributed by atoms with Crippen LogP contribution in [-0.4, -0.2) is 17.8 Å². The van der Waals surface area contributed by atoms with Crippen molar-refractivity contribution in [2.75, 3.05) is 6.54 Å². The third-order valence-corrected chi connectivity index (χ3v) is 3.01. The van der Waals surface area contributed by atoms with Crippen LogP contribution < -0.4 is 0 Å². The van der Waals surface area contributed by atoms with Gasteiger partial charge in [0, 0.05) is 10.3 Å². The summed E-state index contributed by atoms with van der Waals surface area (Å²) in [5.41, 5.74) is 1.20. The third kappa shape index (κ3) is 3.37. The molecule has 0 bridgehead atoms. The average Bonchev–Trinajstić information content (AvgIpc) is 2.27. The van der Waals surface area contributed by atoms with Crippen LogP contribution >= 0.6 is 0 Å². The zero-order valence-electron chi connectivity index (χ0n) is 10.3. The van der Waals surface area contributed by atoms with Gasteiger partial charge in [-0.3, -0.25) is 10.1 Å². The van der Waals surface area contributed by atoms with E-state index < -0.39 is 11.3 Å². The summed E-state index contributed by atoms with van der Waals surface area (Å²) in [6.45, 7) is 5.19. The van der Waals surface area contributed by atoms with Crippen LogP contribution in [0.25, 0.3) is 0 Å². The fraction of sp³-hybridized carbons (Fsp3) is 0.462. The van der Waals surface area contributed by atoms with E-state index in [1.807, 2.05) is 31.2 Å². The molecule has 0 N–H and O–H groups in total. The molecule has 17 heavy (non-hydrogen) atoms. The Morgan fingerprint density at radius 3 is 2.29 bits per heavy atom. The lowest BCUT2D eigenvalue weighted by atomic mass is 9.76. The van der Waals surface area contributed by atoms with E-state index in [1.54, 1.807) is 13.8 Å². The number of rotatable bonds is 5. The Kier molecular flexibility index (Phi) is 3.99. The van der Waals surface area contributed by atoms with E-state index in [1.165, 1.54) is 0 Å². The van der Waals surface area contributed by atoms with Crippen LogP contribution in [0.1, 0.15) is 30.9 Å². The first-order chi connectivity index (χ1) is 7.86. The maximum Gasteiger partial charge on any atom is 0.211 e. The van der Waals surface area contributed by atoms with Crippen molar-refractivity contribution < 1.29 is 9.72 Å². The molecule has 0 spiro atoms. The molecule has 1 atom stereocenters. The quantitative estimate of drug-likeness (QED) is 0.447. The van der Waals surface area contributed by atoms with Gasteiger partial charge in [0.05, 0.1) is 5.92 Å². The van der Waals surface area contributed by atoms with Crippen molar-refractivity contribution in [3.8, 4) is 0 Å². The summed E-state index contributed by atoms with van der Waals surface area (Å²) in [4.78, 5) is 21.4. The van der Waals surface area contributed by atoms with Gasteiger partial charge in [-0.15, -0.1) is 0 Å². The molecule has 0 radical (unpaired) electrons. The van der Waals surface area contributed by atoms with Crippen LogP contribution in [0, 0.1) is 22.5 Å². The molecule has 92 valence electrons. The number of aldehydes is 1. The van der Waals surface area contributed by atoms with Gasteiger partial charge in [-0.25, -0.2) is 0 Å². The van der Waals surface area contributed by atoms with Crippen LogP contribution in [-0.2, 0) is 4.79 Å². The number of hydrogen-bond acceptors (Lipinski definition) is 3. The van der Waals surface area contributed by atoms with Gasteiger partial charge in [0.25, 0.3) is 0 Å². The number of nitro groups is 1. The number of aryl methyl sites for hydroxylation is 1. The maximum absolute atomic E-state index is 11.1. The van der Waals surface area contributed by atoms with E-state index >= 15 is 0 Å². The summed E-state index contributed by atoms with van der Waals surface area (Å²) in [6.07, 6.45) is 0.793. The molecule has 0 aliphatic heterocycles. The second-order valence-electron chi connectivity index (χ2n) is 4.92. The number of benzene rings is 1. The average molecular weight is 235 g/mol. The second kappa shape index (κ2) is 5.08. The predicted octanol–water partition coefficient (Wildman–Crippen LogP) is 2.58. The summed E-state index contributed by atoms with van der Waals surface area (Å²) in [5.74, 6) is -0.393. The molecule has 0 aliphatic carbocycles. The van der Waals surface area contributed by atoms with Crippen molar-refractivity contribution in [2.45, 2.75) is 26.7 Å². The number of nitrogens with zero attached hydrogens (tertiary/aromatic N) is 1. The molecular weight excluding hydrogens is 218 g/mol. The first-order valence-electron chi connectivity index (χ1n) is 5.51. The molecule has 0 unspecified atom stereocenters. The van der Waals surface area contributed by atoms with Crippen LogP contribution in [0.3, 0.4) is 0 Å². The highest BCUT2D eigenvalue weighted by Crippen LogP contribution is 2.34. The predicted molar refractivity (Wildman–Crippen MR) is 65.6 cm³/mol. The number of carbonyl (C=O) groups is 1. The van der Waals surface area contributed by atoms with E-state index in [0.717, 1.165) is 17.4 Å². The zero-order chi connectivity index (χ0) is 13.1. The maximum atomic E-state index is 11.1. The summed E-state index contributed by atoms with van der Waals surface area (Å²) >= 11 is 0. The Hall–Kier alpha value is -1.71. The van der Waals surface area contributed by atoms with Gasteiger partial charge in [0.1, 0.15) is 6.29 Å². The van der Waals surface area contributed by atoms with Crippen molar-refractivity contribution in [3.05, 3.63) is 45.5 Å². The molecule has 1 aromatic rings. The van der Waals surface area contributed by atoms with E-state index in [4.69, 9.17) is 0 Å². The van der Waals surface area contributed by atoms with E-state index in [9.17, 15) is 14.9 Å². The Morgan fingerprint density at radius 1 is 1.35 bits per heavy atom. The molecule has 4 heteroatoms. The normalized spacial score (nSPS) is 13.1. The molecular formula is C13H17NO3. The fourth-order valence-corrected chi connectivity index (χ4v) is 1.80. The summed E-state index contributed by atoms with van der Waals surface area (Å²) in [6, 6.07) is 7.52. The highest BCUT2D eigenvalue weighted by Gasteiger charge is 2.34. The van der Waals surface area contributed by atoms with Crippen LogP contribution in [0.4, 0.5) is 0 Å². The molecule has 1 rings (SSSR count). The minimum Gasteiger partial charge on any atom is -0.303 e. The fourth-order valence-electron chi connectivity index (χ4n) is 1.80. The number of hydrogen-bond donors (Lipinski definition) is 0.